The van der Waals surface area contributed by atoms with E-state index in [0.29, 0.717) is 25.2 Å². The Morgan fingerprint density at radius 3 is 1.69 bits per heavy atom. The van der Waals surface area contributed by atoms with Gasteiger partial charge in [-0.2, -0.15) is 0 Å². The minimum absolute atomic E-state index is 0.145. The van der Waals surface area contributed by atoms with Gasteiger partial charge in [0.25, 0.3) is 0 Å². The third kappa shape index (κ3) is 15.0. The molecule has 182 valence electrons. The molecule has 0 saturated carbocycles. The third-order valence-electron chi connectivity index (χ3n) is 5.78. The summed E-state index contributed by atoms with van der Waals surface area (Å²) in [5.41, 5.74) is 0.740. The predicted molar refractivity (Wildman–Crippen MR) is 132 cm³/mol. The molecule has 0 N–H and O–H groups in total. The van der Waals surface area contributed by atoms with Crippen LogP contribution in [0.2, 0.25) is 0 Å². The lowest BCUT2D eigenvalue weighted by atomic mass is 10.0. The summed E-state index contributed by atoms with van der Waals surface area (Å²) < 4.78 is 10.9. The van der Waals surface area contributed by atoms with Gasteiger partial charge in [-0.15, -0.1) is 0 Å². The molecule has 0 aliphatic carbocycles. The number of ether oxygens (including phenoxy) is 2. The van der Waals surface area contributed by atoms with E-state index in [2.05, 4.69) is 13.8 Å². The van der Waals surface area contributed by atoms with Crippen LogP contribution in [0.15, 0.2) is 24.3 Å². The van der Waals surface area contributed by atoms with E-state index in [1.54, 1.807) is 0 Å². The zero-order chi connectivity index (χ0) is 23.3. The lowest BCUT2D eigenvalue weighted by molar-refractivity contribution is -0.144. The van der Waals surface area contributed by atoms with Crippen molar-refractivity contribution < 1.29 is 19.1 Å². The summed E-state index contributed by atoms with van der Waals surface area (Å²) in [4.78, 5) is 24.1. The Labute approximate surface area is 196 Å². The molecule has 1 aromatic rings. The van der Waals surface area contributed by atoms with Gasteiger partial charge in [0.15, 0.2) is 5.78 Å². The Morgan fingerprint density at radius 2 is 1.12 bits per heavy atom. The van der Waals surface area contributed by atoms with Gasteiger partial charge in [0, 0.05) is 18.4 Å². The van der Waals surface area contributed by atoms with Crippen LogP contribution in [0.3, 0.4) is 0 Å². The molecule has 0 heterocycles. The maximum Gasteiger partial charge on any atom is 0.305 e. The molecule has 0 saturated heterocycles. The quantitative estimate of drug-likeness (QED) is 0.109. The van der Waals surface area contributed by atoms with Crippen molar-refractivity contribution in [3.8, 4) is 5.75 Å². The van der Waals surface area contributed by atoms with E-state index in [4.69, 9.17) is 9.47 Å². The van der Waals surface area contributed by atoms with Crippen LogP contribution in [0.25, 0.3) is 0 Å². The van der Waals surface area contributed by atoms with E-state index in [-0.39, 0.29) is 18.4 Å². The summed E-state index contributed by atoms with van der Waals surface area (Å²) >= 11 is 0. The number of hydrogen-bond acceptors (Lipinski definition) is 4. The lowest BCUT2D eigenvalue weighted by Gasteiger charge is -2.08. The Balaban J connectivity index is 2.07. The summed E-state index contributed by atoms with van der Waals surface area (Å²) in [7, 11) is 0. The normalized spacial score (nSPS) is 10.8. The second kappa shape index (κ2) is 19.8. The molecule has 0 unspecified atom stereocenters. The number of esters is 1. The first kappa shape index (κ1) is 28.2. The van der Waals surface area contributed by atoms with Gasteiger partial charge in [-0.25, -0.2) is 0 Å². The predicted octanol–water partition coefficient (Wildman–Crippen LogP) is 8.07. The summed E-state index contributed by atoms with van der Waals surface area (Å²) in [6.45, 7) is 5.03. The number of carbonyl (C=O) groups excluding carboxylic acids is 2. The molecule has 0 bridgehead atoms. The molecule has 0 aliphatic heterocycles. The number of carbonyl (C=O) groups is 2. The lowest BCUT2D eigenvalue weighted by Crippen LogP contribution is -2.12. The maximum absolute atomic E-state index is 12.3. The summed E-state index contributed by atoms with van der Waals surface area (Å²) in [6, 6.07) is 7.29. The highest BCUT2D eigenvalue weighted by atomic mass is 16.6. The van der Waals surface area contributed by atoms with Gasteiger partial charge in [0.05, 0.1) is 0 Å². The average molecular weight is 447 g/mol. The molecule has 0 fully saturated rings. The molecular weight excluding hydrogens is 400 g/mol. The van der Waals surface area contributed by atoms with Gasteiger partial charge in [-0.3, -0.25) is 9.59 Å². The van der Waals surface area contributed by atoms with Crippen LogP contribution in [-0.4, -0.2) is 25.0 Å². The van der Waals surface area contributed by atoms with Gasteiger partial charge in [0.2, 0.25) is 0 Å². The fraction of sp³-hybridized carbons (Fsp3) is 0.714. The highest BCUT2D eigenvalue weighted by Gasteiger charge is 2.07. The first-order valence-corrected chi connectivity index (χ1v) is 13.1. The molecule has 32 heavy (non-hydrogen) atoms. The van der Waals surface area contributed by atoms with Crippen LogP contribution in [0.5, 0.6) is 5.75 Å². The van der Waals surface area contributed by atoms with Gasteiger partial charge in [-0.05, 0) is 37.1 Å². The molecule has 0 radical (unpaired) electrons. The first-order valence-electron chi connectivity index (χ1n) is 13.1. The topological polar surface area (TPSA) is 52.6 Å². The Bertz CT molecular complexity index is 594. The molecule has 1 rings (SSSR count). The van der Waals surface area contributed by atoms with Gasteiger partial charge in [0.1, 0.15) is 19.0 Å². The van der Waals surface area contributed by atoms with Crippen molar-refractivity contribution in [2.75, 3.05) is 13.2 Å². The van der Waals surface area contributed by atoms with E-state index in [0.717, 1.165) is 31.2 Å². The second-order valence-electron chi connectivity index (χ2n) is 8.76. The van der Waals surface area contributed by atoms with Crippen LogP contribution in [-0.2, 0) is 9.53 Å². The molecule has 0 aliphatic rings. The summed E-state index contributed by atoms with van der Waals surface area (Å²) in [5, 5.41) is 0. The number of hydrogen-bond donors (Lipinski definition) is 0. The standard InChI is InChI=1S/C28H46O4/c1-3-5-7-9-11-13-15-17-27(29)25-19-21-26(22-20-25)31-23-24-32-28(30)18-16-14-12-10-8-6-4-2/h19-22H,3-18,23-24H2,1-2H3. The summed E-state index contributed by atoms with van der Waals surface area (Å²) in [5.74, 6) is 0.749. The summed E-state index contributed by atoms with van der Waals surface area (Å²) in [6.07, 6.45) is 17.9. The second-order valence-corrected chi connectivity index (χ2v) is 8.76. The minimum atomic E-state index is -0.145. The van der Waals surface area contributed by atoms with Gasteiger partial charge < -0.3 is 9.47 Å². The number of ketones is 1. The SMILES string of the molecule is CCCCCCCCCC(=O)OCCOc1ccc(C(=O)CCCCCCCCC)cc1. The minimum Gasteiger partial charge on any atom is -0.490 e. The smallest absolute Gasteiger partial charge is 0.305 e. The molecule has 0 aromatic heterocycles. The van der Waals surface area contributed by atoms with Crippen LogP contribution in [0.4, 0.5) is 0 Å². The number of unbranched alkanes of at least 4 members (excludes halogenated alkanes) is 12. The molecular formula is C28H46O4. The van der Waals surface area contributed by atoms with Crippen LogP contribution >= 0.6 is 0 Å². The molecule has 0 atom stereocenters. The highest BCUT2D eigenvalue weighted by Crippen LogP contribution is 2.16. The molecule has 4 nitrogen and oxygen atoms in total. The first-order chi connectivity index (χ1) is 15.7. The van der Waals surface area contributed by atoms with E-state index in [9.17, 15) is 9.59 Å². The van der Waals surface area contributed by atoms with Crippen molar-refractivity contribution in [1.82, 2.24) is 0 Å². The van der Waals surface area contributed by atoms with Crippen molar-refractivity contribution >= 4 is 11.8 Å². The molecule has 1 aromatic carbocycles. The fourth-order valence-corrected chi connectivity index (χ4v) is 3.74. The van der Waals surface area contributed by atoms with Crippen molar-refractivity contribution in [2.45, 2.75) is 117 Å². The number of rotatable bonds is 21. The zero-order valence-electron chi connectivity index (χ0n) is 20.7. The fourth-order valence-electron chi connectivity index (χ4n) is 3.74. The Morgan fingerprint density at radius 1 is 0.625 bits per heavy atom. The van der Waals surface area contributed by atoms with Crippen molar-refractivity contribution in [1.29, 1.82) is 0 Å². The Kier molecular flexibility index (Phi) is 17.5. The van der Waals surface area contributed by atoms with Crippen molar-refractivity contribution in [2.24, 2.45) is 0 Å². The van der Waals surface area contributed by atoms with E-state index < -0.39 is 0 Å². The zero-order valence-corrected chi connectivity index (χ0v) is 20.7. The number of benzene rings is 1. The Hall–Kier alpha value is -1.84. The monoisotopic (exact) mass is 446 g/mol. The van der Waals surface area contributed by atoms with Gasteiger partial charge >= 0.3 is 5.97 Å². The highest BCUT2D eigenvalue weighted by molar-refractivity contribution is 5.96. The average Bonchev–Trinajstić information content (AvgIpc) is 2.81. The molecule has 0 spiro atoms. The van der Waals surface area contributed by atoms with E-state index >= 15 is 0 Å². The maximum atomic E-state index is 12.3. The van der Waals surface area contributed by atoms with Crippen LogP contribution in [0, 0.1) is 0 Å². The third-order valence-corrected chi connectivity index (χ3v) is 5.78. The molecule has 0 amide bonds. The van der Waals surface area contributed by atoms with Crippen molar-refractivity contribution in [3.63, 3.8) is 0 Å². The van der Waals surface area contributed by atoms with Crippen LogP contribution < -0.4 is 4.74 Å². The number of Topliss-reactive ketones (excluding diaryl/α,β-unsaturated/α-hetero) is 1. The van der Waals surface area contributed by atoms with E-state index in [1.807, 2.05) is 24.3 Å². The molecule has 4 heteroatoms. The van der Waals surface area contributed by atoms with Gasteiger partial charge in [-0.1, -0.05) is 90.9 Å². The van der Waals surface area contributed by atoms with Crippen molar-refractivity contribution in [3.05, 3.63) is 29.8 Å². The largest absolute Gasteiger partial charge is 0.490 e. The van der Waals surface area contributed by atoms with Crippen LogP contribution in [0.1, 0.15) is 127 Å². The van der Waals surface area contributed by atoms with E-state index in [1.165, 1.54) is 64.2 Å².